The number of hydrogen-bond acceptors (Lipinski definition) is 3. The Morgan fingerprint density at radius 3 is 1.39 bits per heavy atom. The number of phenols is 1. The van der Waals surface area contributed by atoms with Crippen LogP contribution in [0.25, 0.3) is 0 Å². The molecule has 2 aromatic rings. The first-order chi connectivity index (χ1) is 21.1. The standard InChI is InChI=1S/C41H66O3/c1-8-11-12-13-14-15-16-17-18-19-20-21-22-23-24-25-26-33-27-29-35(30-28-33)44-39(43)34-31-36(40(4,5)9-2)38(42)37(32-34)41(6,7)10-3/h27-32,42H,8-26H2,1-7H3. The molecule has 3 heteroatoms. The van der Waals surface area contributed by atoms with Crippen LogP contribution < -0.4 is 4.74 Å². The Bertz CT molecular complexity index is 1040. The van der Waals surface area contributed by atoms with Crippen molar-refractivity contribution in [1.29, 1.82) is 0 Å². The Kier molecular flexibility index (Phi) is 17.2. The molecule has 0 aromatic heterocycles. The van der Waals surface area contributed by atoms with E-state index in [0.29, 0.717) is 17.1 Å². The third-order valence-corrected chi connectivity index (χ3v) is 10.0. The molecule has 0 fully saturated rings. The number of carbonyl (C=O) groups excluding carboxylic acids is 1. The van der Waals surface area contributed by atoms with E-state index in [9.17, 15) is 9.90 Å². The predicted molar refractivity (Wildman–Crippen MR) is 189 cm³/mol. The zero-order chi connectivity index (χ0) is 32.4. The summed E-state index contributed by atoms with van der Waals surface area (Å²) >= 11 is 0. The molecule has 0 unspecified atom stereocenters. The van der Waals surface area contributed by atoms with Gasteiger partial charge < -0.3 is 9.84 Å². The molecule has 0 saturated heterocycles. The van der Waals surface area contributed by atoms with Crippen molar-refractivity contribution in [3.8, 4) is 11.5 Å². The average molecular weight is 607 g/mol. The molecule has 2 rings (SSSR count). The van der Waals surface area contributed by atoms with Gasteiger partial charge in [-0.15, -0.1) is 0 Å². The average Bonchev–Trinajstić information content (AvgIpc) is 3.01. The molecule has 0 bridgehead atoms. The number of aryl methyl sites for hydroxylation is 1. The molecule has 1 N–H and O–H groups in total. The second kappa shape index (κ2) is 20.0. The highest BCUT2D eigenvalue weighted by Gasteiger charge is 2.31. The van der Waals surface area contributed by atoms with Crippen LogP contribution in [-0.4, -0.2) is 11.1 Å². The Morgan fingerprint density at radius 1 is 0.614 bits per heavy atom. The molecule has 44 heavy (non-hydrogen) atoms. The summed E-state index contributed by atoms with van der Waals surface area (Å²) in [6.07, 6.45) is 24.9. The third kappa shape index (κ3) is 13.0. The first kappa shape index (κ1) is 37.9. The van der Waals surface area contributed by atoms with Crippen LogP contribution in [-0.2, 0) is 17.3 Å². The predicted octanol–water partition coefficient (Wildman–Crippen LogP) is 12.8. The Morgan fingerprint density at radius 2 is 1.00 bits per heavy atom. The lowest BCUT2D eigenvalue weighted by Gasteiger charge is -2.31. The van der Waals surface area contributed by atoms with Crippen LogP contribution in [0.3, 0.4) is 0 Å². The summed E-state index contributed by atoms with van der Waals surface area (Å²) in [5.41, 5.74) is 2.88. The first-order valence-corrected chi connectivity index (χ1v) is 18.2. The van der Waals surface area contributed by atoms with Gasteiger partial charge in [0, 0.05) is 11.1 Å². The van der Waals surface area contributed by atoms with E-state index in [4.69, 9.17) is 4.74 Å². The lowest BCUT2D eigenvalue weighted by molar-refractivity contribution is 0.0734. The summed E-state index contributed by atoms with van der Waals surface area (Å²) in [6, 6.07) is 11.6. The lowest BCUT2D eigenvalue weighted by Crippen LogP contribution is -2.23. The van der Waals surface area contributed by atoms with Crippen molar-refractivity contribution in [2.75, 3.05) is 0 Å². The normalized spacial score (nSPS) is 12.1. The summed E-state index contributed by atoms with van der Waals surface area (Å²) in [5, 5.41) is 11.2. The van der Waals surface area contributed by atoms with Crippen LogP contribution in [0.5, 0.6) is 11.5 Å². The zero-order valence-electron chi connectivity index (χ0n) is 29.7. The van der Waals surface area contributed by atoms with Crippen LogP contribution >= 0.6 is 0 Å². The molecule has 0 amide bonds. The van der Waals surface area contributed by atoms with E-state index in [-0.39, 0.29) is 16.8 Å². The Hall–Kier alpha value is -2.29. The maximum absolute atomic E-state index is 13.3. The summed E-state index contributed by atoms with van der Waals surface area (Å²) < 4.78 is 5.81. The second-order valence-electron chi connectivity index (χ2n) is 14.5. The van der Waals surface area contributed by atoms with E-state index >= 15 is 0 Å². The molecule has 248 valence electrons. The molecule has 0 spiro atoms. The first-order valence-electron chi connectivity index (χ1n) is 18.2. The van der Waals surface area contributed by atoms with Gasteiger partial charge in [-0.3, -0.25) is 0 Å². The number of hydrogen-bond donors (Lipinski definition) is 1. The highest BCUT2D eigenvalue weighted by Crippen LogP contribution is 2.42. The summed E-state index contributed by atoms with van der Waals surface area (Å²) in [4.78, 5) is 13.3. The molecular formula is C41H66O3. The molecule has 0 atom stereocenters. The van der Waals surface area contributed by atoms with E-state index in [1.807, 2.05) is 24.3 Å². The highest BCUT2D eigenvalue weighted by atomic mass is 16.5. The zero-order valence-corrected chi connectivity index (χ0v) is 29.7. The van der Waals surface area contributed by atoms with Gasteiger partial charge >= 0.3 is 5.97 Å². The van der Waals surface area contributed by atoms with Crippen molar-refractivity contribution in [1.82, 2.24) is 0 Å². The molecule has 2 aromatic carbocycles. The molecule has 0 aliphatic heterocycles. The van der Waals surface area contributed by atoms with Crippen LogP contribution in [0.1, 0.15) is 191 Å². The minimum atomic E-state index is -0.378. The van der Waals surface area contributed by atoms with Crippen molar-refractivity contribution in [2.24, 2.45) is 0 Å². The third-order valence-electron chi connectivity index (χ3n) is 10.0. The molecule has 0 aliphatic rings. The molecule has 0 heterocycles. The second-order valence-corrected chi connectivity index (χ2v) is 14.5. The van der Waals surface area contributed by atoms with E-state index in [1.165, 1.54) is 108 Å². The number of carbonyl (C=O) groups is 1. The number of aromatic hydroxyl groups is 1. The molecule has 0 radical (unpaired) electrons. The summed E-state index contributed by atoms with van der Waals surface area (Å²) in [6.45, 7) is 14.9. The molecule has 3 nitrogen and oxygen atoms in total. The SMILES string of the molecule is CCCCCCCCCCCCCCCCCCc1ccc(OC(=O)c2cc(C(C)(C)CC)c(O)c(C(C)(C)CC)c2)cc1. The van der Waals surface area contributed by atoms with Gasteiger partial charge in [0.1, 0.15) is 11.5 Å². The van der Waals surface area contributed by atoms with Crippen LogP contribution in [0.2, 0.25) is 0 Å². The van der Waals surface area contributed by atoms with Crippen LogP contribution in [0, 0.1) is 0 Å². The quantitative estimate of drug-likeness (QED) is 0.0777. The Balaban J connectivity index is 1.72. The molecule has 0 saturated carbocycles. The van der Waals surface area contributed by atoms with Gasteiger partial charge in [-0.1, -0.05) is 157 Å². The molecular weight excluding hydrogens is 540 g/mol. The number of ether oxygens (including phenoxy) is 1. The monoisotopic (exact) mass is 607 g/mol. The van der Waals surface area contributed by atoms with Crippen molar-refractivity contribution >= 4 is 5.97 Å². The fourth-order valence-electron chi connectivity index (χ4n) is 5.93. The maximum atomic E-state index is 13.3. The smallest absolute Gasteiger partial charge is 0.343 e. The fraction of sp³-hybridized carbons (Fsp3) is 0.683. The van der Waals surface area contributed by atoms with Crippen LogP contribution in [0.4, 0.5) is 0 Å². The van der Waals surface area contributed by atoms with Gasteiger partial charge in [-0.2, -0.15) is 0 Å². The fourth-order valence-corrected chi connectivity index (χ4v) is 5.93. The number of phenolic OH excluding ortho intramolecular Hbond substituents is 1. The maximum Gasteiger partial charge on any atom is 0.343 e. The van der Waals surface area contributed by atoms with E-state index in [0.717, 1.165) is 30.4 Å². The topological polar surface area (TPSA) is 46.5 Å². The van der Waals surface area contributed by atoms with Crippen molar-refractivity contribution in [3.63, 3.8) is 0 Å². The van der Waals surface area contributed by atoms with Gasteiger partial charge in [-0.25, -0.2) is 4.79 Å². The largest absolute Gasteiger partial charge is 0.507 e. The van der Waals surface area contributed by atoms with Gasteiger partial charge in [0.15, 0.2) is 0 Å². The van der Waals surface area contributed by atoms with Crippen molar-refractivity contribution < 1.29 is 14.6 Å². The van der Waals surface area contributed by atoms with Crippen molar-refractivity contribution in [3.05, 3.63) is 58.7 Å². The van der Waals surface area contributed by atoms with E-state index < -0.39 is 0 Å². The Labute approximate surface area is 271 Å². The summed E-state index contributed by atoms with van der Waals surface area (Å²) in [5.74, 6) is 0.488. The van der Waals surface area contributed by atoms with Gasteiger partial charge in [0.2, 0.25) is 0 Å². The van der Waals surface area contributed by atoms with E-state index in [2.05, 4.69) is 60.6 Å². The molecule has 0 aliphatic carbocycles. The van der Waals surface area contributed by atoms with Gasteiger partial charge in [0.05, 0.1) is 5.56 Å². The minimum absolute atomic E-state index is 0.257. The van der Waals surface area contributed by atoms with Gasteiger partial charge in [-0.05, 0) is 66.3 Å². The number of unbranched alkanes of at least 4 members (excludes halogenated alkanes) is 15. The van der Waals surface area contributed by atoms with Crippen molar-refractivity contribution in [2.45, 2.75) is 181 Å². The summed E-state index contributed by atoms with van der Waals surface area (Å²) in [7, 11) is 0. The van der Waals surface area contributed by atoms with Gasteiger partial charge in [0.25, 0.3) is 0 Å². The number of esters is 1. The van der Waals surface area contributed by atoms with Crippen LogP contribution in [0.15, 0.2) is 36.4 Å². The number of benzene rings is 2. The van der Waals surface area contributed by atoms with E-state index in [1.54, 1.807) is 0 Å². The minimum Gasteiger partial charge on any atom is -0.507 e. The lowest BCUT2D eigenvalue weighted by atomic mass is 9.75. The highest BCUT2D eigenvalue weighted by molar-refractivity contribution is 5.92. The number of rotatable bonds is 23.